The average Bonchev–Trinajstić information content (AvgIpc) is 2.17. The molecule has 0 saturated carbocycles. The van der Waals surface area contributed by atoms with Crippen LogP contribution >= 0.6 is 0 Å². The van der Waals surface area contributed by atoms with Crippen molar-refractivity contribution in [3.8, 4) is 0 Å². The van der Waals surface area contributed by atoms with E-state index in [9.17, 15) is 9.59 Å². The molecule has 14 heavy (non-hydrogen) atoms. The molecule has 0 heterocycles. The fourth-order valence-electron chi connectivity index (χ4n) is 0.717. The Morgan fingerprint density at radius 1 is 1.36 bits per heavy atom. The standard InChI is InChI=1S/C9H16O5/c1-4-9(2,6-10)14-8(12)5-7(11)13-3/h10H,4-6H2,1-3H3. The molecule has 5 heteroatoms. The van der Waals surface area contributed by atoms with Crippen molar-refractivity contribution >= 4 is 11.9 Å². The van der Waals surface area contributed by atoms with E-state index in [-0.39, 0.29) is 6.61 Å². The maximum atomic E-state index is 11.1. The van der Waals surface area contributed by atoms with E-state index in [1.165, 1.54) is 7.11 Å². The lowest BCUT2D eigenvalue weighted by atomic mass is 10.1. The molecule has 0 aromatic rings. The van der Waals surface area contributed by atoms with Crippen LogP contribution in [0.25, 0.3) is 0 Å². The molecule has 1 unspecified atom stereocenters. The summed E-state index contributed by atoms with van der Waals surface area (Å²) in [5, 5.41) is 8.93. The fraction of sp³-hybridized carbons (Fsp3) is 0.778. The summed E-state index contributed by atoms with van der Waals surface area (Å²) in [6.07, 6.45) is 0.0580. The lowest BCUT2D eigenvalue weighted by molar-refractivity contribution is -0.166. The topological polar surface area (TPSA) is 72.8 Å². The van der Waals surface area contributed by atoms with Gasteiger partial charge in [0.2, 0.25) is 0 Å². The van der Waals surface area contributed by atoms with Crippen LogP contribution in [0.15, 0.2) is 0 Å². The van der Waals surface area contributed by atoms with E-state index in [1.54, 1.807) is 13.8 Å². The van der Waals surface area contributed by atoms with E-state index >= 15 is 0 Å². The Morgan fingerprint density at radius 3 is 2.29 bits per heavy atom. The van der Waals surface area contributed by atoms with Gasteiger partial charge in [-0.15, -0.1) is 0 Å². The monoisotopic (exact) mass is 204 g/mol. The van der Waals surface area contributed by atoms with Gasteiger partial charge in [0.25, 0.3) is 0 Å². The quantitative estimate of drug-likeness (QED) is 0.513. The number of aliphatic hydroxyl groups is 1. The van der Waals surface area contributed by atoms with Gasteiger partial charge in [0.15, 0.2) is 0 Å². The second kappa shape index (κ2) is 5.59. The second-order valence-corrected chi connectivity index (χ2v) is 3.19. The molecule has 1 N–H and O–H groups in total. The van der Waals surface area contributed by atoms with E-state index in [2.05, 4.69) is 4.74 Å². The van der Waals surface area contributed by atoms with Gasteiger partial charge in [-0.3, -0.25) is 9.59 Å². The van der Waals surface area contributed by atoms with Crippen molar-refractivity contribution in [2.45, 2.75) is 32.3 Å². The third kappa shape index (κ3) is 4.23. The summed E-state index contributed by atoms with van der Waals surface area (Å²) in [4.78, 5) is 21.8. The van der Waals surface area contributed by atoms with Crippen LogP contribution < -0.4 is 0 Å². The van der Waals surface area contributed by atoms with Crippen molar-refractivity contribution in [1.29, 1.82) is 0 Å². The second-order valence-electron chi connectivity index (χ2n) is 3.19. The summed E-state index contributed by atoms with van der Waals surface area (Å²) in [7, 11) is 1.20. The minimum absolute atomic E-state index is 0.267. The van der Waals surface area contributed by atoms with Crippen LogP contribution in [-0.4, -0.2) is 36.4 Å². The van der Waals surface area contributed by atoms with Crippen molar-refractivity contribution in [3.63, 3.8) is 0 Å². The van der Waals surface area contributed by atoms with E-state index in [0.29, 0.717) is 6.42 Å². The van der Waals surface area contributed by atoms with Crippen molar-refractivity contribution in [3.05, 3.63) is 0 Å². The molecule has 0 radical (unpaired) electrons. The van der Waals surface area contributed by atoms with Crippen molar-refractivity contribution in [2.24, 2.45) is 0 Å². The molecular weight excluding hydrogens is 188 g/mol. The summed E-state index contributed by atoms with van der Waals surface area (Å²) >= 11 is 0. The van der Waals surface area contributed by atoms with E-state index < -0.39 is 24.0 Å². The molecular formula is C9H16O5. The van der Waals surface area contributed by atoms with Gasteiger partial charge in [0, 0.05) is 0 Å². The average molecular weight is 204 g/mol. The molecule has 82 valence electrons. The van der Waals surface area contributed by atoms with Crippen LogP contribution in [0.4, 0.5) is 0 Å². The molecule has 0 aromatic heterocycles. The molecule has 0 bridgehead atoms. The molecule has 0 fully saturated rings. The number of rotatable bonds is 5. The van der Waals surface area contributed by atoms with Crippen LogP contribution in [0, 0.1) is 0 Å². The summed E-state index contributed by atoms with van der Waals surface area (Å²) in [6.45, 7) is 3.11. The summed E-state index contributed by atoms with van der Waals surface area (Å²) < 4.78 is 9.22. The highest BCUT2D eigenvalue weighted by molar-refractivity contribution is 5.91. The Bertz CT molecular complexity index is 207. The number of hydrogen-bond donors (Lipinski definition) is 1. The first-order valence-corrected chi connectivity index (χ1v) is 4.37. The molecule has 0 spiro atoms. The highest BCUT2D eigenvalue weighted by atomic mass is 16.6. The first-order valence-electron chi connectivity index (χ1n) is 4.37. The number of carbonyl (C=O) groups excluding carboxylic acids is 2. The van der Waals surface area contributed by atoms with Gasteiger partial charge >= 0.3 is 11.9 Å². The zero-order chi connectivity index (χ0) is 11.2. The molecule has 0 rings (SSSR count). The number of hydrogen-bond acceptors (Lipinski definition) is 5. The van der Waals surface area contributed by atoms with Gasteiger partial charge in [-0.1, -0.05) is 6.92 Å². The van der Waals surface area contributed by atoms with Gasteiger partial charge in [-0.05, 0) is 13.3 Å². The van der Waals surface area contributed by atoms with Crippen molar-refractivity contribution < 1.29 is 24.2 Å². The normalized spacial score (nSPS) is 14.3. The van der Waals surface area contributed by atoms with Crippen LogP contribution in [-0.2, 0) is 19.1 Å². The Morgan fingerprint density at radius 2 is 1.93 bits per heavy atom. The number of aliphatic hydroxyl groups excluding tert-OH is 1. The van der Waals surface area contributed by atoms with Gasteiger partial charge < -0.3 is 14.6 Å². The third-order valence-electron chi connectivity index (χ3n) is 1.96. The number of carbonyl (C=O) groups is 2. The highest BCUT2D eigenvalue weighted by Gasteiger charge is 2.26. The zero-order valence-electron chi connectivity index (χ0n) is 8.70. The Labute approximate surface area is 83.0 Å². The lowest BCUT2D eigenvalue weighted by Gasteiger charge is -2.25. The van der Waals surface area contributed by atoms with Crippen molar-refractivity contribution in [1.82, 2.24) is 0 Å². The molecule has 0 amide bonds. The molecule has 5 nitrogen and oxygen atoms in total. The number of methoxy groups -OCH3 is 1. The van der Waals surface area contributed by atoms with Gasteiger partial charge in [0.1, 0.15) is 12.0 Å². The van der Waals surface area contributed by atoms with Crippen molar-refractivity contribution in [2.75, 3.05) is 13.7 Å². The highest BCUT2D eigenvalue weighted by Crippen LogP contribution is 2.14. The third-order valence-corrected chi connectivity index (χ3v) is 1.96. The maximum Gasteiger partial charge on any atom is 0.317 e. The molecule has 0 aromatic carbocycles. The van der Waals surface area contributed by atoms with Crippen LogP contribution in [0.1, 0.15) is 26.7 Å². The zero-order valence-corrected chi connectivity index (χ0v) is 8.70. The summed E-state index contributed by atoms with van der Waals surface area (Å²) in [5.74, 6) is -1.33. The molecule has 0 aliphatic carbocycles. The Hall–Kier alpha value is -1.10. The Kier molecular flexibility index (Phi) is 5.15. The number of esters is 2. The number of ether oxygens (including phenoxy) is 2. The van der Waals surface area contributed by atoms with E-state index in [0.717, 1.165) is 0 Å². The fourth-order valence-corrected chi connectivity index (χ4v) is 0.717. The van der Waals surface area contributed by atoms with Gasteiger partial charge in [-0.2, -0.15) is 0 Å². The van der Waals surface area contributed by atoms with Gasteiger partial charge in [-0.25, -0.2) is 0 Å². The SMILES string of the molecule is CCC(C)(CO)OC(=O)CC(=O)OC. The molecule has 0 aliphatic heterocycles. The van der Waals surface area contributed by atoms with Crippen LogP contribution in [0.2, 0.25) is 0 Å². The minimum atomic E-state index is -0.912. The van der Waals surface area contributed by atoms with Crippen LogP contribution in [0.3, 0.4) is 0 Å². The maximum absolute atomic E-state index is 11.1. The molecule has 0 aliphatic rings. The predicted octanol–water partition coefficient (Wildman–Crippen LogP) is 0.254. The van der Waals surface area contributed by atoms with E-state index in [4.69, 9.17) is 9.84 Å². The van der Waals surface area contributed by atoms with Crippen LogP contribution in [0.5, 0.6) is 0 Å². The largest absolute Gasteiger partial charge is 0.469 e. The first kappa shape index (κ1) is 12.9. The smallest absolute Gasteiger partial charge is 0.317 e. The summed E-state index contributed by atoms with van der Waals surface area (Å²) in [5.41, 5.74) is -0.912. The van der Waals surface area contributed by atoms with Gasteiger partial charge in [0.05, 0.1) is 13.7 Å². The molecule has 1 atom stereocenters. The lowest BCUT2D eigenvalue weighted by Crippen LogP contribution is -2.35. The minimum Gasteiger partial charge on any atom is -0.469 e. The Balaban J connectivity index is 4.10. The molecule has 0 saturated heterocycles. The first-order chi connectivity index (χ1) is 6.47. The predicted molar refractivity (Wildman–Crippen MR) is 48.5 cm³/mol. The van der Waals surface area contributed by atoms with E-state index in [1.807, 2.05) is 0 Å². The summed E-state index contributed by atoms with van der Waals surface area (Å²) in [6, 6.07) is 0.